The third kappa shape index (κ3) is 3.45. The highest BCUT2D eigenvalue weighted by atomic mass is 16.6. The molecule has 1 aliphatic rings. The van der Waals surface area contributed by atoms with Crippen LogP contribution < -0.4 is 4.90 Å². The lowest BCUT2D eigenvalue weighted by Crippen LogP contribution is -2.18. The number of hydrogen-bond donors (Lipinski definition) is 0. The molecule has 1 heterocycles. The van der Waals surface area contributed by atoms with Crippen molar-refractivity contribution in [3.05, 3.63) is 63.2 Å². The molecular weight excluding hydrogens is 302 g/mol. The maximum atomic E-state index is 11.0. The molecule has 24 heavy (non-hydrogen) atoms. The Morgan fingerprint density at radius 3 is 2.50 bits per heavy atom. The van der Waals surface area contributed by atoms with Gasteiger partial charge in [0.05, 0.1) is 10.6 Å². The van der Waals surface area contributed by atoms with Crippen LogP contribution in [0.15, 0.2) is 41.4 Å². The lowest BCUT2D eigenvalue weighted by Gasteiger charge is -2.20. The zero-order valence-electron chi connectivity index (χ0n) is 14.0. The van der Waals surface area contributed by atoms with Gasteiger partial charge in [-0.1, -0.05) is 12.1 Å². The minimum Gasteiger partial charge on any atom is -0.371 e. The van der Waals surface area contributed by atoms with Crippen molar-refractivity contribution < 1.29 is 4.92 Å². The number of hydrogen-bond acceptors (Lipinski definition) is 4. The molecular formula is C19H21N3O2. The van der Waals surface area contributed by atoms with Crippen molar-refractivity contribution in [2.45, 2.75) is 26.7 Å². The van der Waals surface area contributed by atoms with Crippen molar-refractivity contribution in [2.24, 2.45) is 4.99 Å². The first kappa shape index (κ1) is 16.2. The van der Waals surface area contributed by atoms with Gasteiger partial charge in [0.2, 0.25) is 0 Å². The lowest BCUT2D eigenvalue weighted by atomic mass is 10.1. The van der Waals surface area contributed by atoms with E-state index in [0.717, 1.165) is 18.7 Å². The second-order valence-electron chi connectivity index (χ2n) is 6.23. The largest absolute Gasteiger partial charge is 0.371 e. The number of benzene rings is 2. The average Bonchev–Trinajstić information content (AvgIpc) is 3.08. The van der Waals surface area contributed by atoms with E-state index in [0.29, 0.717) is 11.3 Å². The summed E-state index contributed by atoms with van der Waals surface area (Å²) in [5.41, 5.74) is 4.86. The highest BCUT2D eigenvalue weighted by Gasteiger charge is 2.14. The van der Waals surface area contributed by atoms with Gasteiger partial charge in [-0.25, -0.2) is 0 Å². The van der Waals surface area contributed by atoms with E-state index < -0.39 is 0 Å². The molecule has 1 saturated heterocycles. The number of nitro benzene ring substituents is 1. The molecule has 0 aliphatic carbocycles. The summed E-state index contributed by atoms with van der Waals surface area (Å²) in [5, 5.41) is 11.0. The zero-order valence-corrected chi connectivity index (χ0v) is 14.0. The van der Waals surface area contributed by atoms with E-state index >= 15 is 0 Å². The van der Waals surface area contributed by atoms with Crippen LogP contribution in [0.3, 0.4) is 0 Å². The molecule has 0 bridgehead atoms. The van der Waals surface area contributed by atoms with Crippen LogP contribution in [0.5, 0.6) is 0 Å². The number of nitro groups is 1. The van der Waals surface area contributed by atoms with Crippen molar-refractivity contribution in [2.75, 3.05) is 18.0 Å². The van der Waals surface area contributed by atoms with Crippen molar-refractivity contribution in [1.82, 2.24) is 0 Å². The van der Waals surface area contributed by atoms with Crippen LogP contribution in [0.4, 0.5) is 17.1 Å². The van der Waals surface area contributed by atoms with Crippen LogP contribution in [-0.2, 0) is 0 Å². The summed E-state index contributed by atoms with van der Waals surface area (Å²) in [4.78, 5) is 17.4. The second kappa shape index (κ2) is 6.83. The highest BCUT2D eigenvalue weighted by Crippen LogP contribution is 2.26. The Morgan fingerprint density at radius 2 is 1.83 bits per heavy atom. The van der Waals surface area contributed by atoms with Gasteiger partial charge < -0.3 is 4.90 Å². The Labute approximate surface area is 141 Å². The number of aryl methyl sites for hydroxylation is 2. The molecule has 5 heteroatoms. The van der Waals surface area contributed by atoms with Crippen molar-refractivity contribution in [3.63, 3.8) is 0 Å². The molecule has 0 N–H and O–H groups in total. The first-order valence-electron chi connectivity index (χ1n) is 8.19. The first-order chi connectivity index (χ1) is 11.5. The van der Waals surface area contributed by atoms with Gasteiger partial charge in [0, 0.05) is 36.6 Å². The molecule has 0 unspecified atom stereocenters. The van der Waals surface area contributed by atoms with Crippen LogP contribution in [0.2, 0.25) is 0 Å². The molecule has 0 amide bonds. The molecule has 1 fully saturated rings. The van der Waals surface area contributed by atoms with Gasteiger partial charge in [-0.3, -0.25) is 15.1 Å². The van der Waals surface area contributed by atoms with Crippen molar-refractivity contribution >= 4 is 23.3 Å². The lowest BCUT2D eigenvalue weighted by molar-refractivity contribution is -0.385. The topological polar surface area (TPSA) is 58.7 Å². The molecule has 5 nitrogen and oxygen atoms in total. The Hall–Kier alpha value is -2.69. The molecule has 0 radical (unpaired) electrons. The average molecular weight is 323 g/mol. The Kier molecular flexibility index (Phi) is 4.60. The molecule has 1 aliphatic heterocycles. The first-order valence-corrected chi connectivity index (χ1v) is 8.19. The normalized spacial score (nSPS) is 14.5. The van der Waals surface area contributed by atoms with E-state index in [4.69, 9.17) is 0 Å². The van der Waals surface area contributed by atoms with E-state index in [1.54, 1.807) is 25.3 Å². The maximum Gasteiger partial charge on any atom is 0.274 e. The molecule has 0 atom stereocenters. The minimum absolute atomic E-state index is 0.102. The summed E-state index contributed by atoms with van der Waals surface area (Å²) in [7, 11) is 0. The zero-order chi connectivity index (χ0) is 17.1. The van der Waals surface area contributed by atoms with Crippen LogP contribution in [0, 0.1) is 24.0 Å². The van der Waals surface area contributed by atoms with Crippen LogP contribution in [-0.4, -0.2) is 24.2 Å². The monoisotopic (exact) mass is 323 g/mol. The van der Waals surface area contributed by atoms with Crippen LogP contribution in [0.1, 0.15) is 29.5 Å². The summed E-state index contributed by atoms with van der Waals surface area (Å²) in [6, 6.07) is 11.3. The predicted molar refractivity (Wildman–Crippen MR) is 97.7 cm³/mol. The summed E-state index contributed by atoms with van der Waals surface area (Å²) < 4.78 is 0. The van der Waals surface area contributed by atoms with Crippen LogP contribution in [0.25, 0.3) is 0 Å². The molecule has 0 spiro atoms. The Balaban J connectivity index is 1.80. The van der Waals surface area contributed by atoms with Gasteiger partial charge in [0.1, 0.15) is 0 Å². The highest BCUT2D eigenvalue weighted by molar-refractivity contribution is 5.83. The fourth-order valence-corrected chi connectivity index (χ4v) is 3.10. The summed E-state index contributed by atoms with van der Waals surface area (Å²) in [6.07, 6.45) is 4.28. The third-order valence-electron chi connectivity index (χ3n) is 4.42. The summed E-state index contributed by atoms with van der Waals surface area (Å²) in [6.45, 7) is 6.09. The smallest absolute Gasteiger partial charge is 0.274 e. The molecule has 3 rings (SSSR count). The van der Waals surface area contributed by atoms with Gasteiger partial charge in [-0.2, -0.15) is 0 Å². The van der Waals surface area contributed by atoms with Crippen molar-refractivity contribution in [1.29, 1.82) is 0 Å². The van der Waals surface area contributed by atoms with Gasteiger partial charge in [-0.05, 0) is 56.0 Å². The van der Waals surface area contributed by atoms with Gasteiger partial charge in [0.25, 0.3) is 5.69 Å². The van der Waals surface area contributed by atoms with E-state index in [1.165, 1.54) is 30.2 Å². The number of nitrogens with zero attached hydrogens (tertiary/aromatic N) is 3. The predicted octanol–water partition coefficient (Wildman–Crippen LogP) is 4.56. The number of rotatable bonds is 4. The Bertz CT molecular complexity index is 793. The minimum atomic E-state index is -0.372. The maximum absolute atomic E-state index is 11.0. The molecule has 124 valence electrons. The SMILES string of the molecule is Cc1cc(C=Nc2ccc(C)c([N+](=O)[O-])c2)ccc1N1CCCC1. The van der Waals surface area contributed by atoms with Gasteiger partial charge in [0.15, 0.2) is 0 Å². The molecule has 0 saturated carbocycles. The molecule has 2 aromatic carbocycles. The fraction of sp³-hybridized carbons (Fsp3) is 0.316. The van der Waals surface area contributed by atoms with Crippen LogP contribution >= 0.6 is 0 Å². The van der Waals surface area contributed by atoms with E-state index in [-0.39, 0.29) is 10.6 Å². The third-order valence-corrected chi connectivity index (χ3v) is 4.42. The standard InChI is InChI=1S/C19H21N3O2/c1-14-5-7-17(12-19(14)22(23)24)20-13-16-6-8-18(15(2)11-16)21-9-3-4-10-21/h5-8,11-13H,3-4,9-10H2,1-2H3. The van der Waals surface area contributed by atoms with Gasteiger partial charge >= 0.3 is 0 Å². The molecule has 2 aromatic rings. The van der Waals surface area contributed by atoms with E-state index in [9.17, 15) is 10.1 Å². The molecule has 0 aromatic heterocycles. The summed E-state index contributed by atoms with van der Waals surface area (Å²) in [5.74, 6) is 0. The number of anilines is 1. The quantitative estimate of drug-likeness (QED) is 0.471. The summed E-state index contributed by atoms with van der Waals surface area (Å²) >= 11 is 0. The Morgan fingerprint density at radius 1 is 1.08 bits per heavy atom. The van der Waals surface area contributed by atoms with E-state index in [2.05, 4.69) is 28.9 Å². The van der Waals surface area contributed by atoms with E-state index in [1.807, 2.05) is 6.07 Å². The van der Waals surface area contributed by atoms with Gasteiger partial charge in [-0.15, -0.1) is 0 Å². The fourth-order valence-electron chi connectivity index (χ4n) is 3.10. The van der Waals surface area contributed by atoms with Crippen molar-refractivity contribution in [3.8, 4) is 0 Å². The number of aliphatic imine (C=N–C) groups is 1. The second-order valence-corrected chi connectivity index (χ2v) is 6.23.